The third-order valence-electron chi connectivity index (χ3n) is 3.15. The minimum absolute atomic E-state index is 0.245. The Labute approximate surface area is 158 Å². The van der Waals surface area contributed by atoms with E-state index in [2.05, 4.69) is 27.2 Å². The Morgan fingerprint density at radius 1 is 1.07 bits per heavy atom. The number of aromatic nitrogens is 2. The molecule has 0 spiro atoms. The summed E-state index contributed by atoms with van der Waals surface area (Å²) in [5.41, 5.74) is 15.1. The fourth-order valence-corrected chi connectivity index (χ4v) is 2.07. The molecule has 0 unspecified atom stereocenters. The molecule has 10 heteroatoms. The molecule has 1 heterocycles. The second kappa shape index (κ2) is 13.0. The molecule has 10 nitrogen and oxygen atoms in total. The topological polar surface area (TPSA) is 171 Å². The highest BCUT2D eigenvalue weighted by Crippen LogP contribution is 2.10. The van der Waals surface area contributed by atoms with E-state index in [0.29, 0.717) is 5.69 Å². The molecule has 0 aliphatic rings. The fourth-order valence-electron chi connectivity index (χ4n) is 2.07. The number of carbonyl (C=O) groups is 3. The van der Waals surface area contributed by atoms with E-state index >= 15 is 0 Å². The molecule has 0 bridgehead atoms. The molecule has 27 heavy (non-hydrogen) atoms. The van der Waals surface area contributed by atoms with Gasteiger partial charge < -0.3 is 27.8 Å². The van der Waals surface area contributed by atoms with Crippen LogP contribution in [0.15, 0.2) is 42.6 Å². The van der Waals surface area contributed by atoms with E-state index in [1.165, 1.54) is 38.1 Å². The molecule has 8 N–H and O–H groups in total. The molecule has 0 aliphatic carbocycles. The van der Waals surface area contributed by atoms with Gasteiger partial charge >= 0.3 is 0 Å². The van der Waals surface area contributed by atoms with Crippen LogP contribution in [0.2, 0.25) is 0 Å². The zero-order chi connectivity index (χ0) is 20.8. The second-order valence-electron chi connectivity index (χ2n) is 4.77. The van der Waals surface area contributed by atoms with Gasteiger partial charge in [0.1, 0.15) is 11.7 Å². The van der Waals surface area contributed by atoms with E-state index in [1.54, 1.807) is 12.1 Å². The number of carbonyl (C=O) groups excluding carboxylic acids is 3. The van der Waals surface area contributed by atoms with Crippen LogP contribution in [0.5, 0.6) is 0 Å². The van der Waals surface area contributed by atoms with Crippen molar-refractivity contribution in [1.29, 1.82) is 0 Å². The van der Waals surface area contributed by atoms with Crippen LogP contribution in [-0.2, 0) is 9.59 Å². The molecule has 0 saturated heterocycles. The van der Waals surface area contributed by atoms with Crippen LogP contribution in [0.25, 0.3) is 5.69 Å². The number of primary amides is 1. The van der Waals surface area contributed by atoms with Crippen molar-refractivity contribution in [2.75, 3.05) is 21.1 Å². The van der Waals surface area contributed by atoms with Gasteiger partial charge in [0, 0.05) is 7.05 Å². The summed E-state index contributed by atoms with van der Waals surface area (Å²) in [5.74, 6) is -1.71. The van der Waals surface area contributed by atoms with Crippen molar-refractivity contribution in [3.8, 4) is 5.69 Å². The molecule has 1 aromatic heterocycles. The van der Waals surface area contributed by atoms with Crippen molar-refractivity contribution < 1.29 is 14.4 Å². The van der Waals surface area contributed by atoms with Crippen molar-refractivity contribution in [2.24, 2.45) is 17.2 Å². The highest BCUT2D eigenvalue weighted by molar-refractivity contribution is 5.98. The van der Waals surface area contributed by atoms with E-state index in [1.807, 2.05) is 18.2 Å². The number of nitrogens with two attached hydrogens (primary N) is 3. The average Bonchev–Trinajstić information content (AvgIpc) is 3.20. The zero-order valence-corrected chi connectivity index (χ0v) is 15.7. The molecule has 1 aromatic carbocycles. The van der Waals surface area contributed by atoms with Crippen molar-refractivity contribution >= 4 is 17.7 Å². The number of rotatable bonds is 6. The lowest BCUT2D eigenvalue weighted by Gasteiger charge is -2.16. The summed E-state index contributed by atoms with van der Waals surface area (Å²) < 4.78 is 1.44. The molecule has 0 radical (unpaired) electrons. The van der Waals surface area contributed by atoms with Crippen LogP contribution >= 0.6 is 0 Å². The largest absolute Gasteiger partial charge is 0.370 e. The third-order valence-corrected chi connectivity index (χ3v) is 3.15. The molecule has 3 amide bonds. The number of hydrogen-bond donors (Lipinski definition) is 5. The SMILES string of the molecule is CN.CN.CNC(=O)[C@H](CC(N)=O)NC(=O)c1ccnn1-c1ccccc1. The molecule has 2 rings (SSSR count). The Bertz CT molecular complexity index is 716. The number of amides is 3. The molecule has 2 aromatic rings. The summed E-state index contributed by atoms with van der Waals surface area (Å²) >= 11 is 0. The van der Waals surface area contributed by atoms with Gasteiger partial charge in [-0.15, -0.1) is 0 Å². The lowest BCUT2D eigenvalue weighted by atomic mass is 10.1. The van der Waals surface area contributed by atoms with E-state index in [4.69, 9.17) is 5.73 Å². The summed E-state index contributed by atoms with van der Waals surface area (Å²) in [6.45, 7) is 0. The Kier molecular flexibility index (Phi) is 11.5. The van der Waals surface area contributed by atoms with Gasteiger partial charge in [-0.1, -0.05) is 18.2 Å². The fraction of sp³-hybridized carbons (Fsp3) is 0.294. The summed E-state index contributed by atoms with van der Waals surface area (Å²) in [4.78, 5) is 35.2. The van der Waals surface area contributed by atoms with Crippen LogP contribution in [-0.4, -0.2) is 54.7 Å². The van der Waals surface area contributed by atoms with Gasteiger partial charge in [0.05, 0.1) is 18.3 Å². The summed E-state index contributed by atoms with van der Waals surface area (Å²) in [6, 6.07) is 9.56. The van der Waals surface area contributed by atoms with E-state index in [9.17, 15) is 14.4 Å². The first kappa shape index (κ1) is 23.8. The van der Waals surface area contributed by atoms with Crippen molar-refractivity contribution in [1.82, 2.24) is 20.4 Å². The molecule has 0 saturated carbocycles. The van der Waals surface area contributed by atoms with Gasteiger partial charge in [-0.25, -0.2) is 4.68 Å². The van der Waals surface area contributed by atoms with E-state index in [-0.39, 0.29) is 12.1 Å². The maximum atomic E-state index is 12.4. The number of likely N-dealkylation sites (N-methyl/N-ethyl adjacent to an activating group) is 1. The van der Waals surface area contributed by atoms with Crippen molar-refractivity contribution in [3.05, 3.63) is 48.3 Å². The highest BCUT2D eigenvalue weighted by Gasteiger charge is 2.24. The standard InChI is InChI=1S/C15H17N5O3.2CH5N/c1-17-14(22)11(9-13(16)21)19-15(23)12-7-8-18-20(12)10-5-3-2-4-6-10;2*1-2/h2-8,11H,9H2,1H3,(H2,16,21)(H,17,22)(H,19,23);2*2H2,1H3/t11-;;/m0../s1. The number of hydrogen-bond acceptors (Lipinski definition) is 6. The first-order chi connectivity index (χ1) is 13.0. The van der Waals surface area contributed by atoms with Crippen LogP contribution in [0, 0.1) is 0 Å². The van der Waals surface area contributed by atoms with Crippen LogP contribution in [0.1, 0.15) is 16.9 Å². The van der Waals surface area contributed by atoms with Gasteiger partial charge in [0.2, 0.25) is 11.8 Å². The number of nitrogens with one attached hydrogen (secondary N) is 2. The molecule has 148 valence electrons. The Balaban J connectivity index is 0.00000158. The predicted octanol–water partition coefficient (Wildman–Crippen LogP) is -1.26. The van der Waals surface area contributed by atoms with Gasteiger partial charge in [-0.2, -0.15) is 5.10 Å². The molecule has 0 aliphatic heterocycles. The van der Waals surface area contributed by atoms with Crippen molar-refractivity contribution in [2.45, 2.75) is 12.5 Å². The Hall–Kier alpha value is -3.24. The van der Waals surface area contributed by atoms with Crippen LogP contribution in [0.4, 0.5) is 0 Å². The van der Waals surface area contributed by atoms with E-state index in [0.717, 1.165) is 0 Å². The quantitative estimate of drug-likeness (QED) is 0.420. The second-order valence-corrected chi connectivity index (χ2v) is 4.77. The normalized spacial score (nSPS) is 10.3. The van der Waals surface area contributed by atoms with E-state index < -0.39 is 23.8 Å². The smallest absolute Gasteiger partial charge is 0.270 e. The summed E-state index contributed by atoms with van der Waals surface area (Å²) in [7, 11) is 4.41. The minimum Gasteiger partial charge on any atom is -0.370 e. The first-order valence-electron chi connectivity index (χ1n) is 8.08. The minimum atomic E-state index is -1.04. The third kappa shape index (κ3) is 7.26. The Morgan fingerprint density at radius 3 is 2.19 bits per heavy atom. The predicted molar refractivity (Wildman–Crippen MR) is 103 cm³/mol. The number of nitrogens with zero attached hydrogens (tertiary/aromatic N) is 2. The summed E-state index contributed by atoms with van der Waals surface area (Å²) in [6.07, 6.45) is 1.19. The van der Waals surface area contributed by atoms with Crippen LogP contribution < -0.4 is 27.8 Å². The zero-order valence-electron chi connectivity index (χ0n) is 15.7. The van der Waals surface area contributed by atoms with Gasteiger partial charge in [-0.3, -0.25) is 14.4 Å². The van der Waals surface area contributed by atoms with Crippen molar-refractivity contribution in [3.63, 3.8) is 0 Å². The van der Waals surface area contributed by atoms with Gasteiger partial charge in [0.25, 0.3) is 5.91 Å². The molecule has 1 atom stereocenters. The Morgan fingerprint density at radius 2 is 1.67 bits per heavy atom. The lowest BCUT2D eigenvalue weighted by Crippen LogP contribution is -2.48. The number of para-hydroxylation sites is 1. The average molecular weight is 377 g/mol. The molecular weight excluding hydrogens is 350 g/mol. The summed E-state index contributed by atoms with van der Waals surface area (Å²) in [5, 5.41) is 8.99. The maximum Gasteiger partial charge on any atom is 0.270 e. The highest BCUT2D eigenvalue weighted by atomic mass is 16.2. The first-order valence-corrected chi connectivity index (χ1v) is 8.08. The maximum absolute atomic E-state index is 12.4. The van der Waals surface area contributed by atoms with Crippen LogP contribution in [0.3, 0.4) is 0 Å². The number of benzene rings is 1. The van der Waals surface area contributed by atoms with Gasteiger partial charge in [-0.05, 0) is 32.3 Å². The lowest BCUT2D eigenvalue weighted by molar-refractivity contribution is -0.126. The monoisotopic (exact) mass is 377 g/mol. The molecule has 0 fully saturated rings. The van der Waals surface area contributed by atoms with Gasteiger partial charge in [0.15, 0.2) is 0 Å². The molecular formula is C17H27N7O3.